The van der Waals surface area contributed by atoms with E-state index in [2.05, 4.69) is 17.9 Å². The molecule has 0 aromatic heterocycles. The highest BCUT2D eigenvalue weighted by Crippen LogP contribution is 2.12. The second-order valence-corrected chi connectivity index (χ2v) is 3.81. The van der Waals surface area contributed by atoms with Gasteiger partial charge in [0.15, 0.2) is 0 Å². The third-order valence-electron chi connectivity index (χ3n) is 2.37. The van der Waals surface area contributed by atoms with Crippen molar-refractivity contribution in [2.45, 2.75) is 44.6 Å². The van der Waals surface area contributed by atoms with Crippen LogP contribution in [0.3, 0.4) is 0 Å². The molecule has 0 saturated carbocycles. The maximum atomic E-state index is 4.19. The highest BCUT2D eigenvalue weighted by molar-refractivity contribution is 7.80. The van der Waals surface area contributed by atoms with Gasteiger partial charge in [0, 0.05) is 6.04 Å². The van der Waals surface area contributed by atoms with Gasteiger partial charge in [-0.05, 0) is 38.0 Å². The lowest BCUT2D eigenvalue weighted by atomic mass is 10.1. The van der Waals surface area contributed by atoms with Crippen LogP contribution in [0.2, 0.25) is 0 Å². The lowest BCUT2D eigenvalue weighted by molar-refractivity contribution is 0.521. The van der Waals surface area contributed by atoms with Gasteiger partial charge in [-0.2, -0.15) is 12.6 Å². The molecule has 1 nitrogen and oxygen atoms in total. The zero-order chi connectivity index (χ0) is 7.94. The summed E-state index contributed by atoms with van der Waals surface area (Å²) in [5, 5.41) is 3.51. The van der Waals surface area contributed by atoms with E-state index in [0.29, 0.717) is 0 Å². The molecule has 1 saturated heterocycles. The van der Waals surface area contributed by atoms with Crippen LogP contribution in [0.4, 0.5) is 0 Å². The second-order valence-electron chi connectivity index (χ2n) is 3.37. The highest BCUT2D eigenvalue weighted by Gasteiger charge is 2.12. The Morgan fingerprint density at radius 1 is 1.27 bits per heavy atom. The molecule has 1 fully saturated rings. The Morgan fingerprint density at radius 2 is 2.18 bits per heavy atom. The molecule has 0 aliphatic carbocycles. The molecule has 2 heteroatoms. The van der Waals surface area contributed by atoms with Crippen molar-refractivity contribution in [2.24, 2.45) is 0 Å². The van der Waals surface area contributed by atoms with Crippen LogP contribution in [0.1, 0.15) is 38.5 Å². The SMILES string of the molecule is SCCCCCC1CCCN1. The van der Waals surface area contributed by atoms with E-state index in [-0.39, 0.29) is 0 Å². The molecular formula is C9H19NS. The number of unbranched alkanes of at least 4 members (excludes halogenated alkanes) is 2. The van der Waals surface area contributed by atoms with Crippen molar-refractivity contribution >= 4 is 12.6 Å². The molecule has 1 N–H and O–H groups in total. The fraction of sp³-hybridized carbons (Fsp3) is 1.00. The second kappa shape index (κ2) is 5.90. The Bertz CT molecular complexity index is 89.6. The molecule has 0 bridgehead atoms. The molecular weight excluding hydrogens is 154 g/mol. The van der Waals surface area contributed by atoms with Gasteiger partial charge in [-0.25, -0.2) is 0 Å². The van der Waals surface area contributed by atoms with Crippen LogP contribution in [0.15, 0.2) is 0 Å². The van der Waals surface area contributed by atoms with Crippen LogP contribution < -0.4 is 5.32 Å². The Hall–Kier alpha value is 0.310. The van der Waals surface area contributed by atoms with Gasteiger partial charge in [0.1, 0.15) is 0 Å². The molecule has 1 heterocycles. The van der Waals surface area contributed by atoms with E-state index < -0.39 is 0 Å². The topological polar surface area (TPSA) is 12.0 Å². The van der Waals surface area contributed by atoms with Gasteiger partial charge in [-0.3, -0.25) is 0 Å². The summed E-state index contributed by atoms with van der Waals surface area (Å²) < 4.78 is 0. The van der Waals surface area contributed by atoms with Crippen LogP contribution in [-0.4, -0.2) is 18.3 Å². The maximum absolute atomic E-state index is 4.19. The Morgan fingerprint density at radius 3 is 2.82 bits per heavy atom. The van der Waals surface area contributed by atoms with Crippen molar-refractivity contribution < 1.29 is 0 Å². The van der Waals surface area contributed by atoms with E-state index in [1.807, 2.05) is 0 Å². The summed E-state index contributed by atoms with van der Waals surface area (Å²) in [5.74, 6) is 1.05. The van der Waals surface area contributed by atoms with Crippen LogP contribution in [0.5, 0.6) is 0 Å². The molecule has 1 unspecified atom stereocenters. The van der Waals surface area contributed by atoms with Crippen molar-refractivity contribution in [3.63, 3.8) is 0 Å². The van der Waals surface area contributed by atoms with E-state index in [4.69, 9.17) is 0 Å². The minimum Gasteiger partial charge on any atom is -0.314 e. The molecule has 1 aliphatic rings. The Balaban J connectivity index is 1.86. The molecule has 0 aromatic rings. The Kier molecular flexibility index (Phi) is 5.04. The third kappa shape index (κ3) is 4.02. The van der Waals surface area contributed by atoms with Crippen molar-refractivity contribution in [1.82, 2.24) is 5.32 Å². The van der Waals surface area contributed by atoms with Gasteiger partial charge in [0.2, 0.25) is 0 Å². The van der Waals surface area contributed by atoms with Crippen LogP contribution in [-0.2, 0) is 0 Å². The predicted octanol–water partition coefficient (Wildman–Crippen LogP) is 2.23. The van der Waals surface area contributed by atoms with Crippen molar-refractivity contribution in [1.29, 1.82) is 0 Å². The predicted molar refractivity (Wildman–Crippen MR) is 53.3 cm³/mol. The van der Waals surface area contributed by atoms with E-state index in [9.17, 15) is 0 Å². The summed E-state index contributed by atoms with van der Waals surface area (Å²) >= 11 is 4.19. The van der Waals surface area contributed by atoms with Crippen LogP contribution in [0.25, 0.3) is 0 Å². The smallest absolute Gasteiger partial charge is 0.00675 e. The van der Waals surface area contributed by atoms with Crippen LogP contribution in [0, 0.1) is 0 Å². The number of nitrogens with one attached hydrogen (secondary N) is 1. The first-order valence-electron chi connectivity index (χ1n) is 4.77. The lowest BCUT2D eigenvalue weighted by Crippen LogP contribution is -2.20. The highest BCUT2D eigenvalue weighted by atomic mass is 32.1. The third-order valence-corrected chi connectivity index (χ3v) is 2.69. The van der Waals surface area contributed by atoms with Gasteiger partial charge in [0.25, 0.3) is 0 Å². The minimum atomic E-state index is 0.843. The molecule has 1 atom stereocenters. The zero-order valence-electron chi connectivity index (χ0n) is 7.18. The average Bonchev–Trinajstić information content (AvgIpc) is 2.50. The first-order chi connectivity index (χ1) is 5.43. The fourth-order valence-corrected chi connectivity index (χ4v) is 1.91. The van der Waals surface area contributed by atoms with E-state index in [1.54, 1.807) is 0 Å². The van der Waals surface area contributed by atoms with Gasteiger partial charge in [-0.1, -0.05) is 12.8 Å². The van der Waals surface area contributed by atoms with Crippen LogP contribution >= 0.6 is 12.6 Å². The van der Waals surface area contributed by atoms with E-state index in [0.717, 1.165) is 11.8 Å². The molecule has 0 aromatic carbocycles. The first-order valence-corrected chi connectivity index (χ1v) is 5.41. The van der Waals surface area contributed by atoms with Crippen molar-refractivity contribution in [3.8, 4) is 0 Å². The van der Waals surface area contributed by atoms with Crippen molar-refractivity contribution in [2.75, 3.05) is 12.3 Å². The summed E-state index contributed by atoms with van der Waals surface area (Å²) in [5.41, 5.74) is 0. The quantitative estimate of drug-likeness (QED) is 0.480. The monoisotopic (exact) mass is 173 g/mol. The first kappa shape index (κ1) is 9.40. The summed E-state index contributed by atoms with van der Waals surface area (Å²) in [6.07, 6.45) is 8.21. The molecule has 0 spiro atoms. The maximum Gasteiger partial charge on any atom is 0.00675 e. The standard InChI is InChI=1S/C9H19NS/c11-8-3-1-2-5-9-6-4-7-10-9/h9-11H,1-8H2. The average molecular weight is 173 g/mol. The van der Waals surface area contributed by atoms with E-state index in [1.165, 1.54) is 45.1 Å². The number of hydrogen-bond acceptors (Lipinski definition) is 2. The minimum absolute atomic E-state index is 0.843. The zero-order valence-corrected chi connectivity index (χ0v) is 8.08. The summed E-state index contributed by atoms with van der Waals surface area (Å²) in [6.45, 7) is 1.25. The molecule has 0 amide bonds. The molecule has 1 aliphatic heterocycles. The van der Waals surface area contributed by atoms with E-state index >= 15 is 0 Å². The van der Waals surface area contributed by atoms with Gasteiger partial charge < -0.3 is 5.32 Å². The fourth-order valence-electron chi connectivity index (χ4n) is 1.68. The number of hydrogen-bond donors (Lipinski definition) is 2. The molecule has 1 rings (SSSR count). The summed E-state index contributed by atoms with van der Waals surface area (Å²) in [4.78, 5) is 0. The molecule has 0 radical (unpaired) electrons. The number of rotatable bonds is 5. The normalized spacial score (nSPS) is 24.3. The van der Waals surface area contributed by atoms with Gasteiger partial charge in [-0.15, -0.1) is 0 Å². The van der Waals surface area contributed by atoms with Gasteiger partial charge in [0.05, 0.1) is 0 Å². The van der Waals surface area contributed by atoms with Gasteiger partial charge >= 0.3 is 0 Å². The Labute approximate surface area is 75.4 Å². The lowest BCUT2D eigenvalue weighted by Gasteiger charge is -2.08. The largest absolute Gasteiger partial charge is 0.314 e. The molecule has 66 valence electrons. The summed E-state index contributed by atoms with van der Waals surface area (Å²) in [6, 6.07) is 0.843. The molecule has 11 heavy (non-hydrogen) atoms. The number of thiol groups is 1. The summed E-state index contributed by atoms with van der Waals surface area (Å²) in [7, 11) is 0. The van der Waals surface area contributed by atoms with Crippen molar-refractivity contribution in [3.05, 3.63) is 0 Å².